The number of halogens is 2. The molecule has 0 saturated carbocycles. The molecule has 1 aromatic carbocycles. The Labute approximate surface area is 117 Å². The second-order valence-electron chi connectivity index (χ2n) is 4.38. The van der Waals surface area contributed by atoms with Crippen molar-refractivity contribution < 1.29 is 18.4 Å². The van der Waals surface area contributed by atoms with Crippen LogP contribution in [0.1, 0.15) is 17.3 Å². The van der Waals surface area contributed by atoms with Crippen LogP contribution in [0.4, 0.5) is 8.78 Å². The Hall–Kier alpha value is -1.53. The van der Waals surface area contributed by atoms with Crippen molar-refractivity contribution in [1.82, 2.24) is 9.96 Å². The minimum absolute atomic E-state index is 0.267. The van der Waals surface area contributed by atoms with Gasteiger partial charge in [-0.3, -0.25) is 4.90 Å². The summed E-state index contributed by atoms with van der Waals surface area (Å²) in [6.07, 6.45) is -2.35. The first-order valence-electron chi connectivity index (χ1n) is 6.52. The molecular weight excluding hydrogens is 266 g/mol. The average Bonchev–Trinajstić information content (AvgIpc) is 2.44. The van der Waals surface area contributed by atoms with Crippen molar-refractivity contribution in [1.29, 1.82) is 0 Å². The molecular formula is C14H20F2N2O2. The van der Waals surface area contributed by atoms with E-state index in [1.165, 1.54) is 5.06 Å². The smallest absolute Gasteiger partial charge is 0.357 e. The first kappa shape index (κ1) is 16.5. The first-order chi connectivity index (χ1) is 9.52. The number of carbonyl (C=O) groups is 1. The highest BCUT2D eigenvalue weighted by molar-refractivity contribution is 5.89. The van der Waals surface area contributed by atoms with Crippen molar-refractivity contribution in [2.45, 2.75) is 13.3 Å². The highest BCUT2D eigenvalue weighted by atomic mass is 19.3. The largest absolute Gasteiger partial charge is 0.364 e. The maximum Gasteiger partial charge on any atom is 0.357 e. The number of carbonyl (C=O) groups excluding carboxylic acids is 1. The lowest BCUT2D eigenvalue weighted by molar-refractivity contribution is -0.0942. The molecule has 0 bridgehead atoms. The van der Waals surface area contributed by atoms with E-state index in [2.05, 4.69) is 0 Å². The molecule has 112 valence electrons. The molecule has 0 radical (unpaired) electrons. The Balaban J connectivity index is 2.36. The Morgan fingerprint density at radius 3 is 2.45 bits per heavy atom. The molecule has 0 saturated heterocycles. The van der Waals surface area contributed by atoms with E-state index >= 15 is 0 Å². The van der Waals surface area contributed by atoms with Gasteiger partial charge in [-0.15, -0.1) is 5.06 Å². The SMILES string of the molecule is CCN(CCN(C)OC(=O)c1ccccc1)CC(F)F. The summed E-state index contributed by atoms with van der Waals surface area (Å²) in [5.74, 6) is -0.454. The first-order valence-corrected chi connectivity index (χ1v) is 6.52. The number of benzene rings is 1. The van der Waals surface area contributed by atoms with Gasteiger partial charge in [0, 0.05) is 20.1 Å². The lowest BCUT2D eigenvalue weighted by Crippen LogP contribution is -2.36. The number of hydrogen-bond donors (Lipinski definition) is 0. The third kappa shape index (κ3) is 6.08. The summed E-state index contributed by atoms with van der Waals surface area (Å²) in [5, 5.41) is 1.36. The number of hydrogen-bond acceptors (Lipinski definition) is 4. The predicted octanol–water partition coefficient (Wildman–Crippen LogP) is 2.28. The van der Waals surface area contributed by atoms with Crippen LogP contribution in [-0.4, -0.2) is 55.6 Å². The van der Waals surface area contributed by atoms with Gasteiger partial charge >= 0.3 is 5.97 Å². The molecule has 0 unspecified atom stereocenters. The van der Waals surface area contributed by atoms with Crippen LogP contribution in [0.15, 0.2) is 30.3 Å². The van der Waals surface area contributed by atoms with Crippen LogP contribution in [0.3, 0.4) is 0 Å². The summed E-state index contributed by atoms with van der Waals surface area (Å²) >= 11 is 0. The zero-order valence-corrected chi connectivity index (χ0v) is 11.8. The lowest BCUT2D eigenvalue weighted by Gasteiger charge is -2.23. The molecule has 0 heterocycles. The van der Waals surface area contributed by atoms with Crippen LogP contribution < -0.4 is 0 Å². The van der Waals surface area contributed by atoms with E-state index in [1.807, 2.05) is 13.0 Å². The Morgan fingerprint density at radius 2 is 1.90 bits per heavy atom. The second-order valence-corrected chi connectivity index (χ2v) is 4.38. The van der Waals surface area contributed by atoms with Gasteiger partial charge in [0.05, 0.1) is 12.1 Å². The third-order valence-corrected chi connectivity index (χ3v) is 2.82. The fraction of sp³-hybridized carbons (Fsp3) is 0.500. The molecule has 0 aliphatic heterocycles. The van der Waals surface area contributed by atoms with E-state index in [-0.39, 0.29) is 6.54 Å². The minimum Gasteiger partial charge on any atom is -0.364 e. The van der Waals surface area contributed by atoms with Gasteiger partial charge in [-0.2, -0.15) is 0 Å². The van der Waals surface area contributed by atoms with Crippen molar-refractivity contribution in [3.63, 3.8) is 0 Å². The van der Waals surface area contributed by atoms with E-state index < -0.39 is 12.4 Å². The molecule has 0 aliphatic rings. The molecule has 0 amide bonds. The number of alkyl halides is 2. The number of hydroxylamine groups is 2. The maximum absolute atomic E-state index is 12.3. The van der Waals surface area contributed by atoms with Gasteiger partial charge in [0.25, 0.3) is 6.43 Å². The molecule has 0 aliphatic carbocycles. The summed E-state index contributed by atoms with van der Waals surface area (Å²) in [5.41, 5.74) is 0.458. The average molecular weight is 286 g/mol. The lowest BCUT2D eigenvalue weighted by atomic mass is 10.2. The van der Waals surface area contributed by atoms with Crippen LogP contribution >= 0.6 is 0 Å². The Bertz CT molecular complexity index is 401. The van der Waals surface area contributed by atoms with Gasteiger partial charge in [0.2, 0.25) is 0 Å². The predicted molar refractivity (Wildman–Crippen MR) is 72.6 cm³/mol. The van der Waals surface area contributed by atoms with Gasteiger partial charge < -0.3 is 4.84 Å². The van der Waals surface area contributed by atoms with Gasteiger partial charge in [-0.25, -0.2) is 13.6 Å². The summed E-state index contributed by atoms with van der Waals surface area (Å²) < 4.78 is 24.6. The molecule has 0 N–H and O–H groups in total. The zero-order chi connectivity index (χ0) is 15.0. The maximum atomic E-state index is 12.3. The van der Waals surface area contributed by atoms with Gasteiger partial charge in [0.1, 0.15) is 0 Å². The molecule has 0 spiro atoms. The molecule has 1 rings (SSSR count). The van der Waals surface area contributed by atoms with E-state index in [0.717, 1.165) is 0 Å². The van der Waals surface area contributed by atoms with E-state index in [4.69, 9.17) is 4.84 Å². The Kier molecular flexibility index (Phi) is 7.11. The molecule has 20 heavy (non-hydrogen) atoms. The summed E-state index contributed by atoms with van der Waals surface area (Å²) in [7, 11) is 1.61. The molecule has 0 aromatic heterocycles. The molecule has 6 heteroatoms. The van der Waals surface area contributed by atoms with Crippen molar-refractivity contribution in [3.8, 4) is 0 Å². The fourth-order valence-electron chi connectivity index (χ4n) is 1.67. The van der Waals surface area contributed by atoms with Crippen LogP contribution in [0.5, 0.6) is 0 Å². The summed E-state index contributed by atoms with van der Waals surface area (Å²) in [6, 6.07) is 8.62. The molecule has 1 aromatic rings. The summed E-state index contributed by atoms with van der Waals surface area (Å²) in [6.45, 7) is 2.87. The fourth-order valence-corrected chi connectivity index (χ4v) is 1.67. The number of rotatable bonds is 8. The number of nitrogens with zero attached hydrogens (tertiary/aromatic N) is 2. The van der Waals surface area contributed by atoms with Crippen molar-refractivity contribution in [3.05, 3.63) is 35.9 Å². The normalized spacial score (nSPS) is 11.3. The minimum atomic E-state index is -2.35. The standard InChI is InChI=1S/C14H20F2N2O2/c1-3-18(11-13(15)16)10-9-17(2)20-14(19)12-7-5-4-6-8-12/h4-8,13H,3,9-11H2,1-2H3. The van der Waals surface area contributed by atoms with Crippen LogP contribution in [0.2, 0.25) is 0 Å². The van der Waals surface area contributed by atoms with Gasteiger partial charge in [-0.1, -0.05) is 25.1 Å². The molecule has 0 fully saturated rings. The second kappa shape index (κ2) is 8.60. The zero-order valence-electron chi connectivity index (χ0n) is 11.8. The highest BCUT2D eigenvalue weighted by Gasteiger charge is 2.13. The molecule has 4 nitrogen and oxygen atoms in total. The topological polar surface area (TPSA) is 32.8 Å². The van der Waals surface area contributed by atoms with E-state index in [9.17, 15) is 13.6 Å². The molecule has 0 atom stereocenters. The van der Waals surface area contributed by atoms with E-state index in [1.54, 1.807) is 36.2 Å². The summed E-state index contributed by atoms with van der Waals surface area (Å²) in [4.78, 5) is 18.5. The van der Waals surface area contributed by atoms with E-state index in [0.29, 0.717) is 25.2 Å². The van der Waals surface area contributed by atoms with Crippen LogP contribution in [-0.2, 0) is 4.84 Å². The quantitative estimate of drug-likeness (QED) is 0.686. The number of likely N-dealkylation sites (N-methyl/N-ethyl adjacent to an activating group) is 2. The van der Waals surface area contributed by atoms with Crippen molar-refractivity contribution in [2.75, 3.05) is 33.2 Å². The Morgan fingerprint density at radius 1 is 1.25 bits per heavy atom. The van der Waals surface area contributed by atoms with Crippen LogP contribution in [0.25, 0.3) is 0 Å². The highest BCUT2D eigenvalue weighted by Crippen LogP contribution is 2.03. The van der Waals surface area contributed by atoms with Crippen molar-refractivity contribution >= 4 is 5.97 Å². The van der Waals surface area contributed by atoms with Crippen molar-refractivity contribution in [2.24, 2.45) is 0 Å². The van der Waals surface area contributed by atoms with Gasteiger partial charge in [-0.05, 0) is 18.7 Å². The van der Waals surface area contributed by atoms with Gasteiger partial charge in [0.15, 0.2) is 0 Å². The van der Waals surface area contributed by atoms with Crippen LogP contribution in [0, 0.1) is 0 Å². The monoisotopic (exact) mass is 286 g/mol. The third-order valence-electron chi connectivity index (χ3n) is 2.82.